The van der Waals surface area contributed by atoms with E-state index >= 15 is 0 Å². The van der Waals surface area contributed by atoms with E-state index in [9.17, 15) is 0 Å². The molecule has 0 saturated carbocycles. The summed E-state index contributed by atoms with van der Waals surface area (Å²) in [5.41, 5.74) is 6.80. The van der Waals surface area contributed by atoms with Gasteiger partial charge < -0.3 is 10.1 Å². The van der Waals surface area contributed by atoms with Crippen LogP contribution in [-0.2, 0) is 30.4 Å². The second kappa shape index (κ2) is 11.6. The highest BCUT2D eigenvalue weighted by molar-refractivity contribution is 7.80. The van der Waals surface area contributed by atoms with Crippen LogP contribution < -0.4 is 5.32 Å². The molecule has 0 bridgehead atoms. The molecule has 1 atom stereocenters. The third kappa shape index (κ3) is 6.80. The first kappa shape index (κ1) is 22.3. The van der Waals surface area contributed by atoms with Gasteiger partial charge >= 0.3 is 0 Å². The summed E-state index contributed by atoms with van der Waals surface area (Å²) in [4.78, 5) is 0. The molecule has 0 spiro atoms. The molecule has 164 valence electrons. The molecular weight excluding hydrogens is 410 g/mol. The number of allylic oxidation sites excluding steroid dienone is 1. The van der Waals surface area contributed by atoms with Crippen LogP contribution in [0.4, 0.5) is 0 Å². The number of nitrogens with one attached hydrogen (secondary N) is 1. The summed E-state index contributed by atoms with van der Waals surface area (Å²) in [7, 11) is 0. The summed E-state index contributed by atoms with van der Waals surface area (Å²) in [5.74, 6) is 0. The zero-order valence-electron chi connectivity index (χ0n) is 18.5. The highest BCUT2D eigenvalue weighted by atomic mass is 32.1. The molecule has 0 fully saturated rings. The van der Waals surface area contributed by atoms with Gasteiger partial charge in [-0.1, -0.05) is 91.0 Å². The topological polar surface area (TPSA) is 21.3 Å². The van der Waals surface area contributed by atoms with Gasteiger partial charge in [-0.2, -0.15) is 0 Å². The van der Waals surface area contributed by atoms with Crippen LogP contribution in [0.2, 0.25) is 0 Å². The Morgan fingerprint density at radius 1 is 0.812 bits per heavy atom. The van der Waals surface area contributed by atoms with Crippen molar-refractivity contribution in [3.05, 3.63) is 113 Å². The van der Waals surface area contributed by atoms with Crippen LogP contribution >= 0.6 is 12.2 Å². The molecule has 3 heteroatoms. The first-order chi connectivity index (χ1) is 15.8. The lowest BCUT2D eigenvalue weighted by Crippen LogP contribution is -2.31. The Morgan fingerprint density at radius 3 is 2.19 bits per heavy atom. The normalized spacial score (nSPS) is 12.9. The lowest BCUT2D eigenvalue weighted by atomic mass is 9.99. The number of rotatable bonds is 10. The minimum absolute atomic E-state index is 0.0933. The molecule has 2 nitrogen and oxygen atoms in total. The van der Waals surface area contributed by atoms with Crippen LogP contribution in [0.1, 0.15) is 40.7 Å². The van der Waals surface area contributed by atoms with Gasteiger partial charge in [-0.05, 0) is 78.6 Å². The van der Waals surface area contributed by atoms with Gasteiger partial charge in [0.05, 0.1) is 0 Å². The maximum absolute atomic E-state index is 6.23. The molecule has 0 saturated heterocycles. The number of ether oxygens (including phenoxy) is 1. The Labute approximate surface area is 197 Å². The zero-order chi connectivity index (χ0) is 22.0. The second-order valence-corrected chi connectivity index (χ2v) is 8.76. The summed E-state index contributed by atoms with van der Waals surface area (Å²) in [5, 5.41) is 3.80. The maximum Gasteiger partial charge on any atom is 0.256 e. The Kier molecular flexibility index (Phi) is 8.11. The molecule has 1 aliphatic carbocycles. The molecule has 0 heterocycles. The van der Waals surface area contributed by atoms with Crippen molar-refractivity contribution in [1.29, 1.82) is 0 Å². The fraction of sp³-hybridized carbons (Fsp3) is 0.276. The zero-order valence-corrected chi connectivity index (χ0v) is 19.3. The molecule has 1 unspecified atom stereocenters. The molecule has 1 N–H and O–H groups in total. The second-order valence-electron chi connectivity index (χ2n) is 8.39. The van der Waals surface area contributed by atoms with E-state index in [2.05, 4.69) is 90.3 Å². The average Bonchev–Trinajstić information content (AvgIpc) is 3.30. The van der Waals surface area contributed by atoms with Crippen LogP contribution in [0.15, 0.2) is 84.9 Å². The van der Waals surface area contributed by atoms with Gasteiger partial charge in [0.25, 0.3) is 5.17 Å². The predicted molar refractivity (Wildman–Crippen MR) is 138 cm³/mol. The molecule has 32 heavy (non-hydrogen) atoms. The summed E-state index contributed by atoms with van der Waals surface area (Å²) in [6.07, 6.45) is 10.4. The third-order valence-electron chi connectivity index (χ3n) is 6.00. The quantitative estimate of drug-likeness (QED) is 0.372. The van der Waals surface area contributed by atoms with Gasteiger partial charge in [0.1, 0.15) is 6.10 Å². The van der Waals surface area contributed by atoms with E-state index in [1.165, 1.54) is 27.8 Å². The van der Waals surface area contributed by atoms with Crippen molar-refractivity contribution in [2.75, 3.05) is 6.54 Å². The van der Waals surface area contributed by atoms with Crippen molar-refractivity contribution in [2.24, 2.45) is 0 Å². The minimum Gasteiger partial charge on any atom is -0.468 e. The van der Waals surface area contributed by atoms with Gasteiger partial charge in [0.15, 0.2) is 0 Å². The molecule has 0 aromatic heterocycles. The minimum atomic E-state index is 0.0933. The van der Waals surface area contributed by atoms with Gasteiger partial charge in [-0.3, -0.25) is 0 Å². The molecular formula is C29H31NOS. The largest absolute Gasteiger partial charge is 0.468 e. The van der Waals surface area contributed by atoms with Crippen LogP contribution in [-0.4, -0.2) is 17.8 Å². The number of hydrogen-bond donors (Lipinski definition) is 1. The molecule has 3 aromatic rings. The van der Waals surface area contributed by atoms with E-state index in [1.807, 2.05) is 6.07 Å². The molecule has 0 amide bonds. The average molecular weight is 442 g/mol. The molecule has 0 radical (unpaired) electrons. The summed E-state index contributed by atoms with van der Waals surface area (Å²) >= 11 is 5.53. The highest BCUT2D eigenvalue weighted by Gasteiger charge is 2.14. The van der Waals surface area contributed by atoms with Crippen molar-refractivity contribution in [2.45, 2.75) is 44.6 Å². The molecule has 3 aromatic carbocycles. The standard InChI is InChI=1S/C29H31NOS/c32-29(30-21-20-24-10-5-2-6-11-24)31-28(18-15-23-8-3-1-4-9-23)19-16-25-14-17-26-12-7-13-27(26)22-25/h1-11,13-14,17,22,28H,12,15-16,18-21H2,(H,30,32). The first-order valence-electron chi connectivity index (χ1n) is 11.6. The van der Waals surface area contributed by atoms with Crippen LogP contribution in [0.3, 0.4) is 0 Å². The summed E-state index contributed by atoms with van der Waals surface area (Å²) in [6.45, 7) is 0.783. The lowest BCUT2D eigenvalue weighted by molar-refractivity contribution is 0.165. The fourth-order valence-electron chi connectivity index (χ4n) is 4.16. The van der Waals surface area contributed by atoms with Gasteiger partial charge in [-0.15, -0.1) is 0 Å². The SMILES string of the molecule is S=C(NCCc1ccccc1)OC(CCc1ccccc1)CCc1ccc2c(c1)C=CC2. The first-order valence-corrected chi connectivity index (χ1v) is 12.0. The number of benzene rings is 3. The highest BCUT2D eigenvalue weighted by Crippen LogP contribution is 2.22. The maximum atomic E-state index is 6.23. The van der Waals surface area contributed by atoms with Crippen molar-refractivity contribution >= 4 is 23.5 Å². The van der Waals surface area contributed by atoms with Crippen molar-refractivity contribution in [3.8, 4) is 0 Å². The van der Waals surface area contributed by atoms with Crippen LogP contribution in [0.25, 0.3) is 6.08 Å². The Balaban J connectivity index is 1.31. The Hall–Kier alpha value is -2.91. The van der Waals surface area contributed by atoms with Crippen molar-refractivity contribution in [1.82, 2.24) is 5.32 Å². The Bertz CT molecular complexity index is 1030. The summed E-state index contributed by atoms with van der Waals surface area (Å²) in [6, 6.07) is 27.9. The monoisotopic (exact) mass is 441 g/mol. The van der Waals surface area contributed by atoms with E-state index in [0.29, 0.717) is 5.17 Å². The number of hydrogen-bond acceptors (Lipinski definition) is 2. The van der Waals surface area contributed by atoms with Crippen molar-refractivity contribution < 1.29 is 4.74 Å². The summed E-state index contributed by atoms with van der Waals surface area (Å²) < 4.78 is 6.23. The van der Waals surface area contributed by atoms with Gasteiger partial charge in [0, 0.05) is 6.54 Å². The number of fused-ring (bicyclic) bond motifs is 1. The molecule has 4 rings (SSSR count). The number of aryl methyl sites for hydroxylation is 2. The van der Waals surface area contributed by atoms with E-state index in [1.54, 1.807) is 0 Å². The smallest absolute Gasteiger partial charge is 0.256 e. The van der Waals surface area contributed by atoms with E-state index in [0.717, 1.165) is 45.1 Å². The van der Waals surface area contributed by atoms with E-state index < -0.39 is 0 Å². The van der Waals surface area contributed by atoms with Crippen LogP contribution in [0, 0.1) is 0 Å². The van der Waals surface area contributed by atoms with Gasteiger partial charge in [-0.25, -0.2) is 0 Å². The number of thiocarbonyl (C=S) groups is 1. The Morgan fingerprint density at radius 2 is 1.47 bits per heavy atom. The predicted octanol–water partition coefficient (Wildman–Crippen LogP) is 6.32. The van der Waals surface area contributed by atoms with Gasteiger partial charge in [0.2, 0.25) is 0 Å². The van der Waals surface area contributed by atoms with Crippen LogP contribution in [0.5, 0.6) is 0 Å². The molecule has 0 aliphatic heterocycles. The fourth-order valence-corrected chi connectivity index (χ4v) is 4.40. The van der Waals surface area contributed by atoms with E-state index in [4.69, 9.17) is 17.0 Å². The lowest BCUT2D eigenvalue weighted by Gasteiger charge is -2.20. The van der Waals surface area contributed by atoms with Crippen molar-refractivity contribution in [3.63, 3.8) is 0 Å². The van der Waals surface area contributed by atoms with E-state index in [-0.39, 0.29) is 6.10 Å². The third-order valence-corrected chi connectivity index (χ3v) is 6.24. The molecule has 1 aliphatic rings.